The van der Waals surface area contributed by atoms with Crippen LogP contribution in [0.2, 0.25) is 5.02 Å². The van der Waals surface area contributed by atoms with Crippen molar-refractivity contribution >= 4 is 35.3 Å². The quantitative estimate of drug-likeness (QED) is 0.739. The van der Waals surface area contributed by atoms with Crippen LogP contribution in [0.15, 0.2) is 35.7 Å². The zero-order chi connectivity index (χ0) is 19.2. The molecule has 2 N–H and O–H groups in total. The maximum absolute atomic E-state index is 12.4. The molecule has 1 fully saturated rings. The molecule has 0 saturated heterocycles. The third-order valence-electron chi connectivity index (χ3n) is 4.43. The SMILES string of the molecule is CC(Sc1nncn1-c1cccc(Cl)c1)C(=O)NC(=O)NC1CCCCC1. The predicted molar refractivity (Wildman–Crippen MR) is 105 cm³/mol. The summed E-state index contributed by atoms with van der Waals surface area (Å²) in [5.41, 5.74) is 0.803. The molecular formula is C18H22ClN5O2S. The van der Waals surface area contributed by atoms with Crippen LogP contribution in [-0.2, 0) is 4.79 Å². The van der Waals surface area contributed by atoms with Crippen molar-refractivity contribution in [3.8, 4) is 5.69 Å². The molecule has 9 heteroatoms. The van der Waals surface area contributed by atoms with Crippen LogP contribution in [0.4, 0.5) is 4.79 Å². The Hall–Kier alpha value is -2.06. The highest BCUT2D eigenvalue weighted by atomic mass is 35.5. The topological polar surface area (TPSA) is 88.9 Å². The fourth-order valence-electron chi connectivity index (χ4n) is 3.00. The van der Waals surface area contributed by atoms with Gasteiger partial charge >= 0.3 is 6.03 Å². The van der Waals surface area contributed by atoms with Gasteiger partial charge in [0.2, 0.25) is 5.91 Å². The smallest absolute Gasteiger partial charge is 0.321 e. The average molecular weight is 408 g/mol. The number of hydrogen-bond donors (Lipinski definition) is 2. The van der Waals surface area contributed by atoms with Crippen LogP contribution in [0.3, 0.4) is 0 Å². The van der Waals surface area contributed by atoms with Crippen molar-refractivity contribution in [3.63, 3.8) is 0 Å². The summed E-state index contributed by atoms with van der Waals surface area (Å²) in [6.45, 7) is 1.73. The molecule has 0 spiro atoms. The number of nitrogens with one attached hydrogen (secondary N) is 2. The van der Waals surface area contributed by atoms with Gasteiger partial charge in [-0.2, -0.15) is 0 Å². The number of amides is 3. The Morgan fingerprint density at radius 2 is 2.07 bits per heavy atom. The number of carbonyl (C=O) groups is 2. The molecule has 1 aliphatic carbocycles. The Bertz CT molecular complexity index is 807. The van der Waals surface area contributed by atoms with E-state index in [2.05, 4.69) is 20.8 Å². The summed E-state index contributed by atoms with van der Waals surface area (Å²) >= 11 is 7.27. The number of aromatic nitrogens is 3. The Labute approximate surface area is 167 Å². The van der Waals surface area contributed by atoms with Crippen LogP contribution in [0.1, 0.15) is 39.0 Å². The van der Waals surface area contributed by atoms with E-state index < -0.39 is 11.3 Å². The number of urea groups is 1. The molecule has 0 bridgehead atoms. The fourth-order valence-corrected chi connectivity index (χ4v) is 4.03. The predicted octanol–water partition coefficient (Wildman–Crippen LogP) is 3.56. The van der Waals surface area contributed by atoms with E-state index in [1.54, 1.807) is 30.0 Å². The molecule has 0 radical (unpaired) electrons. The maximum atomic E-state index is 12.4. The van der Waals surface area contributed by atoms with Gasteiger partial charge in [-0.05, 0) is 38.0 Å². The lowest BCUT2D eigenvalue weighted by atomic mass is 9.96. The largest absolute Gasteiger partial charge is 0.335 e. The van der Waals surface area contributed by atoms with Crippen LogP contribution < -0.4 is 10.6 Å². The van der Waals surface area contributed by atoms with E-state index in [1.165, 1.54) is 18.2 Å². The van der Waals surface area contributed by atoms with Crippen molar-refractivity contribution in [3.05, 3.63) is 35.6 Å². The number of rotatable bonds is 5. The average Bonchev–Trinajstić information content (AvgIpc) is 3.10. The molecule has 1 heterocycles. The lowest BCUT2D eigenvalue weighted by Crippen LogP contribution is -2.47. The van der Waals surface area contributed by atoms with E-state index in [9.17, 15) is 9.59 Å². The Morgan fingerprint density at radius 1 is 1.30 bits per heavy atom. The fraction of sp³-hybridized carbons (Fsp3) is 0.444. The molecule has 1 atom stereocenters. The van der Waals surface area contributed by atoms with Gasteiger partial charge in [0.05, 0.1) is 10.9 Å². The molecule has 1 aliphatic rings. The first-order valence-corrected chi connectivity index (χ1v) is 10.2. The Kier molecular flexibility index (Phi) is 6.73. The molecule has 7 nitrogen and oxygen atoms in total. The molecule has 144 valence electrons. The molecule has 3 rings (SSSR count). The lowest BCUT2D eigenvalue weighted by Gasteiger charge is -2.23. The second-order valence-electron chi connectivity index (χ2n) is 6.52. The van der Waals surface area contributed by atoms with Gasteiger partial charge in [-0.3, -0.25) is 14.7 Å². The van der Waals surface area contributed by atoms with Gasteiger partial charge in [-0.15, -0.1) is 10.2 Å². The van der Waals surface area contributed by atoms with Crippen LogP contribution in [0.5, 0.6) is 0 Å². The molecule has 0 aliphatic heterocycles. The third kappa shape index (κ3) is 5.46. The number of hydrogen-bond acceptors (Lipinski definition) is 5. The minimum atomic E-state index is -0.510. The first-order valence-electron chi connectivity index (χ1n) is 8.97. The normalized spacial score (nSPS) is 15.9. The van der Waals surface area contributed by atoms with Crippen molar-refractivity contribution in [2.45, 2.75) is 55.5 Å². The van der Waals surface area contributed by atoms with Gasteiger partial charge in [-0.25, -0.2) is 4.79 Å². The maximum Gasteiger partial charge on any atom is 0.321 e. The van der Waals surface area contributed by atoms with Crippen LogP contribution in [0, 0.1) is 0 Å². The number of thioether (sulfide) groups is 1. The van der Waals surface area contributed by atoms with Gasteiger partial charge < -0.3 is 5.32 Å². The second-order valence-corrected chi connectivity index (χ2v) is 8.27. The van der Waals surface area contributed by atoms with Gasteiger partial charge in [0, 0.05) is 11.1 Å². The summed E-state index contributed by atoms with van der Waals surface area (Å²) in [6.07, 6.45) is 6.94. The molecule has 2 aromatic rings. The highest BCUT2D eigenvalue weighted by Crippen LogP contribution is 2.25. The number of benzene rings is 1. The molecule has 1 saturated carbocycles. The monoisotopic (exact) mass is 407 g/mol. The molecular weight excluding hydrogens is 386 g/mol. The summed E-state index contributed by atoms with van der Waals surface area (Å²) in [5, 5.41) is 13.9. The van der Waals surface area contributed by atoms with E-state index >= 15 is 0 Å². The summed E-state index contributed by atoms with van der Waals surface area (Å²) in [6, 6.07) is 7.00. The van der Waals surface area contributed by atoms with E-state index in [4.69, 9.17) is 11.6 Å². The van der Waals surface area contributed by atoms with E-state index in [-0.39, 0.29) is 11.9 Å². The van der Waals surface area contributed by atoms with E-state index in [0.29, 0.717) is 10.2 Å². The summed E-state index contributed by atoms with van der Waals surface area (Å²) in [5.74, 6) is -0.367. The number of carbonyl (C=O) groups excluding carboxylic acids is 2. The van der Waals surface area contributed by atoms with Crippen molar-refractivity contribution in [2.24, 2.45) is 0 Å². The number of nitrogens with zero attached hydrogens (tertiary/aromatic N) is 3. The number of halogens is 1. The Morgan fingerprint density at radius 3 is 2.81 bits per heavy atom. The van der Waals surface area contributed by atoms with E-state index in [1.807, 2.05) is 12.1 Å². The first-order chi connectivity index (χ1) is 13.0. The van der Waals surface area contributed by atoms with Crippen molar-refractivity contribution < 1.29 is 9.59 Å². The summed E-state index contributed by atoms with van der Waals surface area (Å²) in [7, 11) is 0. The van der Waals surface area contributed by atoms with E-state index in [0.717, 1.165) is 31.4 Å². The first kappa shape index (κ1) is 19.7. The number of imide groups is 1. The third-order valence-corrected chi connectivity index (χ3v) is 5.72. The molecule has 27 heavy (non-hydrogen) atoms. The second kappa shape index (κ2) is 9.23. The highest BCUT2D eigenvalue weighted by Gasteiger charge is 2.22. The van der Waals surface area contributed by atoms with Gasteiger partial charge in [-0.1, -0.05) is 48.7 Å². The minimum Gasteiger partial charge on any atom is -0.335 e. The van der Waals surface area contributed by atoms with Gasteiger partial charge in [0.25, 0.3) is 0 Å². The minimum absolute atomic E-state index is 0.153. The van der Waals surface area contributed by atoms with Gasteiger partial charge in [0.15, 0.2) is 5.16 Å². The van der Waals surface area contributed by atoms with Crippen LogP contribution in [-0.4, -0.2) is 38.0 Å². The van der Waals surface area contributed by atoms with Crippen LogP contribution >= 0.6 is 23.4 Å². The zero-order valence-electron chi connectivity index (χ0n) is 15.0. The summed E-state index contributed by atoms with van der Waals surface area (Å²) < 4.78 is 1.75. The molecule has 1 unspecified atom stereocenters. The standard InChI is InChI=1S/C18H22ClN5O2S/c1-12(16(25)22-17(26)21-14-7-3-2-4-8-14)27-18-23-20-11-24(18)15-9-5-6-13(19)10-15/h5-6,9-12,14H,2-4,7-8H2,1H3,(H2,21,22,25,26). The summed E-state index contributed by atoms with van der Waals surface area (Å²) in [4.78, 5) is 24.4. The zero-order valence-corrected chi connectivity index (χ0v) is 16.6. The lowest BCUT2D eigenvalue weighted by molar-refractivity contribution is -0.119. The Balaban J connectivity index is 1.57. The molecule has 1 aromatic heterocycles. The highest BCUT2D eigenvalue weighted by molar-refractivity contribution is 8.00. The van der Waals surface area contributed by atoms with Gasteiger partial charge in [0.1, 0.15) is 6.33 Å². The van der Waals surface area contributed by atoms with Crippen LogP contribution in [0.25, 0.3) is 5.69 Å². The molecule has 1 aromatic carbocycles. The molecule has 3 amide bonds. The van der Waals surface area contributed by atoms with Crippen molar-refractivity contribution in [1.29, 1.82) is 0 Å². The van der Waals surface area contributed by atoms with Crippen molar-refractivity contribution in [1.82, 2.24) is 25.4 Å². The van der Waals surface area contributed by atoms with Crippen molar-refractivity contribution in [2.75, 3.05) is 0 Å².